The van der Waals surface area contributed by atoms with E-state index in [4.69, 9.17) is 21.9 Å². The number of nitrogens with two attached hydrogens (primary N) is 1. The van der Waals surface area contributed by atoms with E-state index in [0.29, 0.717) is 17.0 Å². The topological polar surface area (TPSA) is 55.3 Å². The third-order valence-electron chi connectivity index (χ3n) is 2.51. The number of halogens is 1. The molecule has 1 aromatic heterocycles. The Kier molecular flexibility index (Phi) is 2.17. The summed E-state index contributed by atoms with van der Waals surface area (Å²) >= 11 is 5.87. The Morgan fingerprint density at radius 2 is 2.46 bits per heavy atom. The van der Waals surface area contributed by atoms with Crippen LogP contribution < -0.4 is 5.73 Å². The van der Waals surface area contributed by atoms with E-state index in [2.05, 4.69) is 17.1 Å². The van der Waals surface area contributed by atoms with Gasteiger partial charge in [0.1, 0.15) is 0 Å². The van der Waals surface area contributed by atoms with Gasteiger partial charge in [0.15, 0.2) is 5.15 Å². The first-order chi connectivity index (χ1) is 6.18. The number of likely N-dealkylation sites (tertiary alicyclic amines) is 1. The summed E-state index contributed by atoms with van der Waals surface area (Å²) in [6.45, 7) is 2.05. The maximum Gasteiger partial charge on any atom is 0.227 e. The highest BCUT2D eigenvalue weighted by molar-refractivity contribution is 6.30. The second kappa shape index (κ2) is 3.20. The molecule has 5 heteroatoms. The fourth-order valence-corrected chi connectivity index (χ4v) is 2.11. The fraction of sp³-hybridized carbons (Fsp3) is 0.625. The monoisotopic (exact) mass is 201 g/mol. The predicted octanol–water partition coefficient (Wildman–Crippen LogP) is 1.33. The highest BCUT2D eigenvalue weighted by Gasteiger charge is 2.27. The quantitative estimate of drug-likeness (QED) is 0.745. The van der Waals surface area contributed by atoms with Crippen LogP contribution in [0.5, 0.6) is 0 Å². The van der Waals surface area contributed by atoms with Crippen LogP contribution in [0.2, 0.25) is 5.15 Å². The molecule has 0 amide bonds. The van der Waals surface area contributed by atoms with E-state index < -0.39 is 0 Å². The minimum Gasteiger partial charge on any atom is -0.367 e. The third-order valence-corrected chi connectivity index (χ3v) is 2.78. The summed E-state index contributed by atoms with van der Waals surface area (Å²) in [7, 11) is 2.08. The van der Waals surface area contributed by atoms with Crippen LogP contribution >= 0.6 is 11.6 Å². The van der Waals surface area contributed by atoms with Gasteiger partial charge in [0.25, 0.3) is 0 Å². The van der Waals surface area contributed by atoms with E-state index in [1.54, 1.807) is 0 Å². The number of anilines is 1. The number of hydrogen-bond donors (Lipinski definition) is 1. The van der Waals surface area contributed by atoms with Crippen LogP contribution in [-0.2, 0) is 0 Å². The molecule has 1 fully saturated rings. The van der Waals surface area contributed by atoms with Crippen LogP contribution in [0.3, 0.4) is 0 Å². The zero-order valence-corrected chi connectivity index (χ0v) is 8.21. The van der Waals surface area contributed by atoms with Gasteiger partial charge in [-0.3, -0.25) is 0 Å². The number of nitrogen functional groups attached to an aromatic ring is 1. The van der Waals surface area contributed by atoms with Crippen LogP contribution in [0.1, 0.15) is 17.9 Å². The summed E-state index contributed by atoms with van der Waals surface area (Å²) < 4.78 is 4.82. The SMILES string of the molecule is CN1CCC(c2c(Cl)noc2N)C1. The van der Waals surface area contributed by atoms with Gasteiger partial charge in [-0.2, -0.15) is 0 Å². The first-order valence-corrected chi connectivity index (χ1v) is 4.65. The van der Waals surface area contributed by atoms with Gasteiger partial charge in [0.05, 0.1) is 5.56 Å². The van der Waals surface area contributed by atoms with E-state index in [1.165, 1.54) is 0 Å². The highest BCUT2D eigenvalue weighted by Crippen LogP contribution is 2.34. The van der Waals surface area contributed by atoms with Crippen molar-refractivity contribution in [2.45, 2.75) is 12.3 Å². The summed E-state index contributed by atoms with van der Waals surface area (Å²) in [5.41, 5.74) is 6.52. The van der Waals surface area contributed by atoms with Crippen molar-refractivity contribution in [3.63, 3.8) is 0 Å². The highest BCUT2D eigenvalue weighted by atomic mass is 35.5. The molecule has 13 heavy (non-hydrogen) atoms. The Balaban J connectivity index is 2.25. The maximum atomic E-state index is 5.87. The van der Waals surface area contributed by atoms with Gasteiger partial charge in [-0.1, -0.05) is 16.8 Å². The Labute approximate surface area is 81.6 Å². The molecule has 0 saturated carbocycles. The molecule has 1 aliphatic rings. The lowest BCUT2D eigenvalue weighted by Gasteiger charge is -2.08. The van der Waals surface area contributed by atoms with E-state index in [9.17, 15) is 0 Å². The summed E-state index contributed by atoms with van der Waals surface area (Å²) in [4.78, 5) is 2.24. The van der Waals surface area contributed by atoms with Crippen molar-refractivity contribution in [3.8, 4) is 0 Å². The van der Waals surface area contributed by atoms with Gasteiger partial charge in [-0.05, 0) is 20.0 Å². The largest absolute Gasteiger partial charge is 0.367 e. The number of likely N-dealkylation sites (N-methyl/N-ethyl adjacent to an activating group) is 1. The average molecular weight is 202 g/mol. The lowest BCUT2D eigenvalue weighted by molar-refractivity contribution is 0.411. The molecule has 0 spiro atoms. The van der Waals surface area contributed by atoms with Crippen molar-refractivity contribution < 1.29 is 4.52 Å². The Bertz CT molecular complexity index is 293. The van der Waals surface area contributed by atoms with Crippen molar-refractivity contribution >= 4 is 17.5 Å². The van der Waals surface area contributed by atoms with Gasteiger partial charge >= 0.3 is 0 Å². The van der Waals surface area contributed by atoms with Gasteiger partial charge in [-0.15, -0.1) is 0 Å². The zero-order chi connectivity index (χ0) is 9.42. The Morgan fingerprint density at radius 3 is 2.92 bits per heavy atom. The molecule has 4 nitrogen and oxygen atoms in total. The zero-order valence-electron chi connectivity index (χ0n) is 7.46. The molecule has 2 rings (SSSR count). The summed E-state index contributed by atoms with van der Waals surface area (Å²) in [5.74, 6) is 0.744. The molecule has 0 radical (unpaired) electrons. The van der Waals surface area contributed by atoms with Gasteiger partial charge in [0.2, 0.25) is 5.88 Å². The van der Waals surface area contributed by atoms with Crippen molar-refractivity contribution in [2.24, 2.45) is 0 Å². The predicted molar refractivity (Wildman–Crippen MR) is 50.8 cm³/mol. The number of hydrogen-bond acceptors (Lipinski definition) is 4. The number of aromatic nitrogens is 1. The van der Waals surface area contributed by atoms with E-state index in [1.807, 2.05) is 0 Å². The molecule has 72 valence electrons. The summed E-state index contributed by atoms with van der Waals surface area (Å²) in [6.07, 6.45) is 1.07. The van der Waals surface area contributed by atoms with Crippen molar-refractivity contribution in [1.29, 1.82) is 0 Å². The third kappa shape index (κ3) is 1.51. The molecule has 1 atom stereocenters. The minimum atomic E-state index is 0.366. The van der Waals surface area contributed by atoms with Crippen molar-refractivity contribution in [1.82, 2.24) is 10.1 Å². The number of nitrogens with zero attached hydrogens (tertiary/aromatic N) is 2. The normalized spacial score (nSPS) is 24.0. The van der Waals surface area contributed by atoms with Crippen LogP contribution in [0.25, 0.3) is 0 Å². The van der Waals surface area contributed by atoms with E-state index >= 15 is 0 Å². The molecule has 1 aliphatic heterocycles. The number of rotatable bonds is 1. The summed E-state index contributed by atoms with van der Waals surface area (Å²) in [6, 6.07) is 0. The van der Waals surface area contributed by atoms with Crippen molar-refractivity contribution in [2.75, 3.05) is 25.9 Å². The van der Waals surface area contributed by atoms with Gasteiger partial charge in [0, 0.05) is 12.5 Å². The second-order valence-electron chi connectivity index (χ2n) is 3.50. The summed E-state index contributed by atoms with van der Waals surface area (Å²) in [5, 5.41) is 4.05. The standard InChI is InChI=1S/C8H12ClN3O/c1-12-3-2-5(4-12)6-7(9)11-13-8(6)10/h5H,2-4,10H2,1H3. The molecular weight excluding hydrogens is 190 g/mol. The van der Waals surface area contributed by atoms with Crippen molar-refractivity contribution in [3.05, 3.63) is 10.7 Å². The molecule has 2 N–H and O–H groups in total. The molecule has 1 unspecified atom stereocenters. The van der Waals surface area contributed by atoms with Gasteiger partial charge in [-0.25, -0.2) is 0 Å². The van der Waals surface area contributed by atoms with Crippen LogP contribution in [-0.4, -0.2) is 30.2 Å². The first-order valence-electron chi connectivity index (χ1n) is 4.27. The lowest BCUT2D eigenvalue weighted by atomic mass is 10.0. The molecule has 1 aromatic rings. The fourth-order valence-electron chi connectivity index (χ4n) is 1.83. The smallest absolute Gasteiger partial charge is 0.227 e. The second-order valence-corrected chi connectivity index (χ2v) is 3.86. The molecular formula is C8H12ClN3O. The van der Waals surface area contributed by atoms with Crippen LogP contribution in [0.15, 0.2) is 4.52 Å². The lowest BCUT2D eigenvalue weighted by Crippen LogP contribution is -2.13. The molecule has 0 aromatic carbocycles. The Morgan fingerprint density at radius 1 is 1.69 bits per heavy atom. The maximum absolute atomic E-state index is 5.87. The minimum absolute atomic E-state index is 0.366. The Hall–Kier alpha value is -0.740. The van der Waals surface area contributed by atoms with Crippen LogP contribution in [0.4, 0.5) is 5.88 Å². The van der Waals surface area contributed by atoms with E-state index in [0.717, 1.165) is 25.1 Å². The average Bonchev–Trinajstić information content (AvgIpc) is 2.60. The molecule has 2 heterocycles. The first kappa shape index (κ1) is 8.84. The molecule has 0 bridgehead atoms. The molecule has 1 saturated heterocycles. The van der Waals surface area contributed by atoms with Gasteiger partial charge < -0.3 is 15.2 Å². The molecule has 0 aliphatic carbocycles. The van der Waals surface area contributed by atoms with E-state index in [-0.39, 0.29) is 0 Å². The van der Waals surface area contributed by atoms with Crippen LogP contribution in [0, 0.1) is 0 Å².